The van der Waals surface area contributed by atoms with Crippen LogP contribution < -0.4 is 10.6 Å². The predicted octanol–water partition coefficient (Wildman–Crippen LogP) is 2.16. The average Bonchev–Trinajstić information content (AvgIpc) is 2.72. The Labute approximate surface area is 184 Å². The molecule has 7 nitrogen and oxygen atoms in total. The van der Waals surface area contributed by atoms with Crippen molar-refractivity contribution in [1.29, 1.82) is 0 Å². The summed E-state index contributed by atoms with van der Waals surface area (Å²) < 4.78 is 4.83. The molecule has 0 unspecified atom stereocenters. The second-order valence-corrected chi connectivity index (χ2v) is 6.53. The Hall–Kier alpha value is -1.84. The fraction of sp³-hybridized carbons (Fsp3) is 0.550. The van der Waals surface area contributed by atoms with E-state index in [9.17, 15) is 9.59 Å². The number of benzene rings is 1. The molecule has 8 heteroatoms. The van der Waals surface area contributed by atoms with Crippen LogP contribution in [0.4, 0.5) is 0 Å². The van der Waals surface area contributed by atoms with Gasteiger partial charge in [0.15, 0.2) is 5.96 Å². The van der Waals surface area contributed by atoms with E-state index < -0.39 is 0 Å². The topological polar surface area (TPSA) is 83.0 Å². The number of hydrogen-bond donors (Lipinski definition) is 2. The van der Waals surface area contributed by atoms with Crippen molar-refractivity contribution in [2.45, 2.75) is 32.7 Å². The fourth-order valence-corrected chi connectivity index (χ4v) is 3.07. The van der Waals surface area contributed by atoms with E-state index in [1.165, 1.54) is 7.11 Å². The summed E-state index contributed by atoms with van der Waals surface area (Å²) in [6.45, 7) is 5.25. The fourth-order valence-electron chi connectivity index (χ4n) is 3.07. The van der Waals surface area contributed by atoms with Gasteiger partial charge in [-0.1, -0.05) is 30.3 Å². The summed E-state index contributed by atoms with van der Waals surface area (Å²) in [6.07, 6.45) is 1.86. The highest BCUT2D eigenvalue weighted by molar-refractivity contribution is 14.0. The Morgan fingerprint density at radius 3 is 2.46 bits per heavy atom. The zero-order valence-electron chi connectivity index (χ0n) is 16.6. The number of carbonyl (C=O) groups excluding carboxylic acids is 2. The number of guanidine groups is 1. The van der Waals surface area contributed by atoms with Crippen LogP contribution in [0, 0.1) is 5.92 Å². The molecule has 1 heterocycles. The second kappa shape index (κ2) is 13.4. The van der Waals surface area contributed by atoms with Crippen LogP contribution in [0.1, 0.15) is 31.7 Å². The highest BCUT2D eigenvalue weighted by atomic mass is 127. The van der Waals surface area contributed by atoms with Crippen molar-refractivity contribution in [2.24, 2.45) is 10.9 Å². The zero-order chi connectivity index (χ0) is 19.5. The number of likely N-dealkylation sites (tertiary alicyclic amines) is 1. The lowest BCUT2D eigenvalue weighted by Crippen LogP contribution is -2.46. The maximum atomic E-state index is 12.0. The summed E-state index contributed by atoms with van der Waals surface area (Å²) in [7, 11) is 1.43. The summed E-state index contributed by atoms with van der Waals surface area (Å²) in [5.74, 6) is 0.629. The number of nitrogens with one attached hydrogen (secondary N) is 2. The number of aliphatic imine (C=N–C) groups is 1. The van der Waals surface area contributed by atoms with Crippen molar-refractivity contribution in [3.63, 3.8) is 0 Å². The van der Waals surface area contributed by atoms with Gasteiger partial charge in [0.25, 0.3) is 0 Å². The normalized spacial score (nSPS) is 14.8. The predicted molar refractivity (Wildman–Crippen MR) is 121 cm³/mol. The van der Waals surface area contributed by atoms with Gasteiger partial charge in [-0.05, 0) is 25.3 Å². The molecule has 1 aromatic carbocycles. The first-order valence-corrected chi connectivity index (χ1v) is 9.55. The number of amides is 1. The Balaban J connectivity index is 0.00000392. The van der Waals surface area contributed by atoms with Gasteiger partial charge < -0.3 is 20.3 Å². The van der Waals surface area contributed by atoms with E-state index in [4.69, 9.17) is 4.74 Å². The van der Waals surface area contributed by atoms with Crippen LogP contribution in [0.25, 0.3) is 0 Å². The van der Waals surface area contributed by atoms with Crippen LogP contribution in [0.15, 0.2) is 35.3 Å². The van der Waals surface area contributed by atoms with E-state index >= 15 is 0 Å². The number of rotatable bonds is 7. The second-order valence-electron chi connectivity index (χ2n) is 6.53. The Bertz CT molecular complexity index is 632. The lowest BCUT2D eigenvalue weighted by atomic mass is 9.97. The minimum atomic E-state index is -0.133. The molecule has 1 aliphatic rings. The number of nitrogens with zero attached hydrogens (tertiary/aromatic N) is 2. The SMILES string of the molecule is CCNC(=NCCC(=O)NCc1ccccc1)N1CCC(C(=O)OC)CC1.I. The Morgan fingerprint density at radius 2 is 1.86 bits per heavy atom. The van der Waals surface area contributed by atoms with Gasteiger partial charge >= 0.3 is 5.97 Å². The van der Waals surface area contributed by atoms with Crippen LogP contribution in [-0.4, -0.2) is 56.0 Å². The maximum Gasteiger partial charge on any atom is 0.308 e. The van der Waals surface area contributed by atoms with Gasteiger partial charge in [-0.3, -0.25) is 14.6 Å². The molecule has 2 N–H and O–H groups in total. The first-order chi connectivity index (χ1) is 13.1. The van der Waals surface area contributed by atoms with Crippen LogP contribution >= 0.6 is 24.0 Å². The van der Waals surface area contributed by atoms with Crippen LogP contribution in [0.3, 0.4) is 0 Å². The molecule has 2 rings (SSSR count). The van der Waals surface area contributed by atoms with Crippen molar-refractivity contribution in [3.05, 3.63) is 35.9 Å². The molecule has 1 aromatic rings. The average molecular weight is 502 g/mol. The smallest absolute Gasteiger partial charge is 0.308 e. The molecule has 1 aliphatic heterocycles. The number of hydrogen-bond acceptors (Lipinski definition) is 4. The summed E-state index contributed by atoms with van der Waals surface area (Å²) in [4.78, 5) is 30.4. The Kier molecular flexibility index (Phi) is 11.5. The molecular formula is C20H31IN4O3. The van der Waals surface area contributed by atoms with Gasteiger partial charge in [-0.2, -0.15) is 0 Å². The summed E-state index contributed by atoms with van der Waals surface area (Å²) in [5.41, 5.74) is 1.08. The lowest BCUT2D eigenvalue weighted by molar-refractivity contribution is -0.146. The number of piperidine rings is 1. The van der Waals surface area contributed by atoms with Gasteiger partial charge in [0.1, 0.15) is 0 Å². The minimum Gasteiger partial charge on any atom is -0.469 e. The molecule has 156 valence electrons. The summed E-state index contributed by atoms with van der Waals surface area (Å²) in [6, 6.07) is 9.84. The van der Waals surface area contributed by atoms with E-state index in [1.54, 1.807) is 0 Å². The number of carbonyl (C=O) groups is 2. The third-order valence-electron chi connectivity index (χ3n) is 4.60. The zero-order valence-corrected chi connectivity index (χ0v) is 19.0. The van der Waals surface area contributed by atoms with Gasteiger partial charge in [0.2, 0.25) is 5.91 Å². The minimum absolute atomic E-state index is 0. The highest BCUT2D eigenvalue weighted by Crippen LogP contribution is 2.18. The van der Waals surface area contributed by atoms with Crippen molar-refractivity contribution in [2.75, 3.05) is 33.3 Å². The summed E-state index contributed by atoms with van der Waals surface area (Å²) in [5, 5.41) is 6.19. The molecule has 0 atom stereocenters. The lowest BCUT2D eigenvalue weighted by Gasteiger charge is -2.33. The van der Waals surface area contributed by atoms with Crippen LogP contribution in [0.2, 0.25) is 0 Å². The third-order valence-corrected chi connectivity index (χ3v) is 4.60. The quantitative estimate of drug-likeness (QED) is 0.259. The molecule has 1 amide bonds. The molecule has 1 fully saturated rings. The van der Waals surface area contributed by atoms with Crippen molar-refractivity contribution in [1.82, 2.24) is 15.5 Å². The third kappa shape index (κ3) is 8.04. The van der Waals surface area contributed by atoms with Gasteiger partial charge in [-0.25, -0.2) is 0 Å². The monoisotopic (exact) mass is 502 g/mol. The van der Waals surface area contributed by atoms with E-state index in [1.807, 2.05) is 37.3 Å². The molecular weight excluding hydrogens is 471 g/mol. The number of methoxy groups -OCH3 is 1. The molecule has 1 saturated heterocycles. The molecule has 0 aliphatic carbocycles. The number of esters is 1. The van der Waals surface area contributed by atoms with Crippen molar-refractivity contribution in [3.8, 4) is 0 Å². The molecule has 0 saturated carbocycles. The molecule has 0 spiro atoms. The number of ether oxygens (including phenoxy) is 1. The van der Waals surface area contributed by atoms with E-state index in [0.29, 0.717) is 19.5 Å². The van der Waals surface area contributed by atoms with Gasteiger partial charge in [-0.15, -0.1) is 24.0 Å². The molecule has 0 aromatic heterocycles. The van der Waals surface area contributed by atoms with E-state index in [2.05, 4.69) is 20.5 Å². The van der Waals surface area contributed by atoms with Gasteiger partial charge in [0.05, 0.1) is 19.6 Å². The van der Waals surface area contributed by atoms with E-state index in [0.717, 1.165) is 44.0 Å². The van der Waals surface area contributed by atoms with E-state index in [-0.39, 0.29) is 41.8 Å². The molecule has 0 radical (unpaired) electrons. The molecule has 28 heavy (non-hydrogen) atoms. The maximum absolute atomic E-state index is 12.0. The largest absolute Gasteiger partial charge is 0.469 e. The standard InChI is InChI=1S/C20H30N4O3.HI/c1-3-21-20(24-13-10-17(11-14-24)19(26)27-2)22-12-9-18(25)23-15-16-7-5-4-6-8-16;/h4-8,17H,3,9-15H2,1-2H3,(H,21,22)(H,23,25);1H. The molecule has 0 bridgehead atoms. The highest BCUT2D eigenvalue weighted by Gasteiger charge is 2.26. The van der Waals surface area contributed by atoms with Crippen molar-refractivity contribution < 1.29 is 14.3 Å². The summed E-state index contributed by atoms with van der Waals surface area (Å²) >= 11 is 0. The first-order valence-electron chi connectivity index (χ1n) is 9.55. The van der Waals surface area contributed by atoms with Gasteiger partial charge in [0, 0.05) is 32.6 Å². The van der Waals surface area contributed by atoms with Crippen LogP contribution in [0.5, 0.6) is 0 Å². The number of halogens is 1. The first kappa shape index (κ1) is 24.2. The van der Waals surface area contributed by atoms with Crippen LogP contribution in [-0.2, 0) is 20.9 Å². The Morgan fingerprint density at radius 1 is 1.18 bits per heavy atom. The van der Waals surface area contributed by atoms with Crippen molar-refractivity contribution >= 4 is 41.8 Å².